The van der Waals surface area contributed by atoms with Gasteiger partial charge in [0, 0.05) is 17.1 Å². The minimum Gasteiger partial charge on any atom is -0.310 e. The first-order chi connectivity index (χ1) is 29.2. The number of hydrogen-bond donors (Lipinski definition) is 0. The topological polar surface area (TPSA) is 3.24 Å². The summed E-state index contributed by atoms with van der Waals surface area (Å²) in [7, 11) is 0. The van der Waals surface area contributed by atoms with Crippen LogP contribution in [0.25, 0.3) is 87.6 Å². The minimum atomic E-state index is 1.10. The molecular formula is C58H39N. The molecule has 1 nitrogen and oxygen atoms in total. The zero-order chi connectivity index (χ0) is 39.1. The average Bonchev–Trinajstić information content (AvgIpc) is 3.32. The lowest BCUT2D eigenvalue weighted by Gasteiger charge is -2.26. The van der Waals surface area contributed by atoms with Gasteiger partial charge in [-0.2, -0.15) is 0 Å². The molecule has 0 bridgehead atoms. The van der Waals surface area contributed by atoms with Gasteiger partial charge < -0.3 is 4.90 Å². The van der Waals surface area contributed by atoms with Crippen LogP contribution in [0.15, 0.2) is 237 Å². The Labute approximate surface area is 344 Å². The molecular weight excluding hydrogens is 711 g/mol. The van der Waals surface area contributed by atoms with Gasteiger partial charge in [-0.15, -0.1) is 0 Å². The van der Waals surface area contributed by atoms with Gasteiger partial charge in [0.2, 0.25) is 0 Å². The van der Waals surface area contributed by atoms with E-state index in [2.05, 4.69) is 241 Å². The van der Waals surface area contributed by atoms with Crippen LogP contribution in [-0.4, -0.2) is 0 Å². The fourth-order valence-corrected chi connectivity index (χ4v) is 8.94. The minimum absolute atomic E-state index is 1.10. The van der Waals surface area contributed by atoms with Crippen molar-refractivity contribution in [2.45, 2.75) is 0 Å². The molecule has 0 fully saturated rings. The molecule has 1 heteroatoms. The monoisotopic (exact) mass is 749 g/mol. The molecule has 0 amide bonds. The molecule has 0 aliphatic rings. The van der Waals surface area contributed by atoms with Crippen molar-refractivity contribution in [3.05, 3.63) is 237 Å². The molecule has 0 aliphatic carbocycles. The number of hydrogen-bond acceptors (Lipinski definition) is 1. The van der Waals surface area contributed by atoms with Crippen LogP contribution in [0.5, 0.6) is 0 Å². The molecule has 0 unspecified atom stereocenters. The van der Waals surface area contributed by atoms with Crippen LogP contribution in [0.2, 0.25) is 0 Å². The highest BCUT2D eigenvalue weighted by atomic mass is 15.1. The van der Waals surface area contributed by atoms with E-state index in [1.165, 1.54) is 87.6 Å². The van der Waals surface area contributed by atoms with E-state index in [1.807, 2.05) is 0 Å². The lowest BCUT2D eigenvalue weighted by atomic mass is 9.92. The van der Waals surface area contributed by atoms with Crippen LogP contribution in [0, 0.1) is 0 Å². The summed E-state index contributed by atoms with van der Waals surface area (Å²) in [6.45, 7) is 0. The molecule has 11 aromatic rings. The first-order valence-electron chi connectivity index (χ1n) is 20.3. The van der Waals surface area contributed by atoms with Gasteiger partial charge in [0.25, 0.3) is 0 Å². The Morgan fingerprint density at radius 1 is 0.203 bits per heavy atom. The largest absolute Gasteiger partial charge is 0.310 e. The van der Waals surface area contributed by atoms with Crippen molar-refractivity contribution in [1.82, 2.24) is 0 Å². The lowest BCUT2D eigenvalue weighted by Crippen LogP contribution is -2.10. The Kier molecular flexibility index (Phi) is 8.56. The molecule has 0 spiro atoms. The van der Waals surface area contributed by atoms with E-state index < -0.39 is 0 Å². The number of nitrogens with zero attached hydrogens (tertiary/aromatic N) is 1. The SMILES string of the molecule is c1ccc(-c2ccc(N(c3ccc(-c4ccc5c6ccccc6c6ccccc6c5c4)cc3)c3cccc(-c4cccc(-c5cccc6ccccc56)c4)c3)cc2)cc1. The maximum atomic E-state index is 2.37. The average molecular weight is 750 g/mol. The Balaban J connectivity index is 0.997. The normalized spacial score (nSPS) is 11.4. The molecule has 0 radical (unpaired) electrons. The van der Waals surface area contributed by atoms with Crippen LogP contribution in [0.3, 0.4) is 0 Å². The first-order valence-corrected chi connectivity index (χ1v) is 20.3. The fourth-order valence-electron chi connectivity index (χ4n) is 8.94. The predicted molar refractivity (Wildman–Crippen MR) is 253 cm³/mol. The summed E-state index contributed by atoms with van der Waals surface area (Å²) in [5, 5.41) is 10.2. The lowest BCUT2D eigenvalue weighted by molar-refractivity contribution is 1.28. The Morgan fingerprint density at radius 3 is 1.31 bits per heavy atom. The Morgan fingerprint density at radius 2 is 0.627 bits per heavy atom. The molecule has 0 saturated carbocycles. The number of fused-ring (bicyclic) bond motifs is 7. The van der Waals surface area contributed by atoms with E-state index >= 15 is 0 Å². The van der Waals surface area contributed by atoms with Crippen molar-refractivity contribution in [3.8, 4) is 44.5 Å². The van der Waals surface area contributed by atoms with Gasteiger partial charge in [-0.1, -0.05) is 188 Å². The highest BCUT2D eigenvalue weighted by molar-refractivity contribution is 6.25. The van der Waals surface area contributed by atoms with Crippen LogP contribution in [-0.2, 0) is 0 Å². The zero-order valence-electron chi connectivity index (χ0n) is 32.5. The highest BCUT2D eigenvalue weighted by Crippen LogP contribution is 2.41. The molecule has 0 atom stereocenters. The van der Waals surface area contributed by atoms with Crippen molar-refractivity contribution in [3.63, 3.8) is 0 Å². The van der Waals surface area contributed by atoms with Gasteiger partial charge in [-0.25, -0.2) is 0 Å². The smallest absolute Gasteiger partial charge is 0.0467 e. The van der Waals surface area contributed by atoms with Crippen molar-refractivity contribution in [2.24, 2.45) is 0 Å². The summed E-state index contributed by atoms with van der Waals surface area (Å²) in [5.41, 5.74) is 12.9. The molecule has 0 aliphatic heterocycles. The predicted octanol–water partition coefficient (Wildman–Crippen LogP) is 16.4. The second kappa shape index (κ2) is 14.6. The maximum Gasteiger partial charge on any atom is 0.0467 e. The summed E-state index contributed by atoms with van der Waals surface area (Å²) in [5.74, 6) is 0. The Bertz CT molecular complexity index is 3270. The van der Waals surface area contributed by atoms with Crippen LogP contribution < -0.4 is 4.90 Å². The van der Waals surface area contributed by atoms with Crippen molar-refractivity contribution in [1.29, 1.82) is 0 Å². The van der Waals surface area contributed by atoms with Gasteiger partial charge >= 0.3 is 0 Å². The van der Waals surface area contributed by atoms with Crippen molar-refractivity contribution in [2.75, 3.05) is 4.90 Å². The second-order valence-corrected chi connectivity index (χ2v) is 15.3. The van der Waals surface area contributed by atoms with Gasteiger partial charge in [-0.05, 0) is 136 Å². The quantitative estimate of drug-likeness (QED) is 0.147. The van der Waals surface area contributed by atoms with Crippen molar-refractivity contribution < 1.29 is 0 Å². The summed E-state index contributed by atoms with van der Waals surface area (Å²) in [6, 6.07) is 86.2. The summed E-state index contributed by atoms with van der Waals surface area (Å²) in [4.78, 5) is 2.37. The fraction of sp³-hybridized carbons (Fsp3) is 0. The van der Waals surface area contributed by atoms with Crippen LogP contribution >= 0.6 is 0 Å². The third kappa shape index (κ3) is 6.30. The molecule has 59 heavy (non-hydrogen) atoms. The number of rotatable bonds is 7. The highest BCUT2D eigenvalue weighted by Gasteiger charge is 2.16. The molecule has 0 N–H and O–H groups in total. The summed E-state index contributed by atoms with van der Waals surface area (Å²) >= 11 is 0. The molecule has 276 valence electrons. The first kappa shape index (κ1) is 34.5. The number of benzene rings is 11. The third-order valence-electron chi connectivity index (χ3n) is 11.8. The van der Waals surface area contributed by atoms with Crippen LogP contribution in [0.4, 0.5) is 17.1 Å². The van der Waals surface area contributed by atoms with Crippen molar-refractivity contribution >= 4 is 60.2 Å². The van der Waals surface area contributed by atoms with Crippen LogP contribution in [0.1, 0.15) is 0 Å². The van der Waals surface area contributed by atoms with E-state index in [4.69, 9.17) is 0 Å². The van der Waals surface area contributed by atoms with E-state index in [-0.39, 0.29) is 0 Å². The third-order valence-corrected chi connectivity index (χ3v) is 11.8. The summed E-state index contributed by atoms with van der Waals surface area (Å²) in [6.07, 6.45) is 0. The van der Waals surface area contributed by atoms with E-state index in [0.717, 1.165) is 17.1 Å². The second-order valence-electron chi connectivity index (χ2n) is 15.3. The number of anilines is 3. The molecule has 0 aromatic heterocycles. The maximum absolute atomic E-state index is 2.37. The van der Waals surface area contributed by atoms with Gasteiger partial charge in [0.05, 0.1) is 0 Å². The molecule has 0 saturated heterocycles. The molecule has 11 aromatic carbocycles. The summed E-state index contributed by atoms with van der Waals surface area (Å²) < 4.78 is 0. The van der Waals surface area contributed by atoms with E-state index in [0.29, 0.717) is 0 Å². The van der Waals surface area contributed by atoms with Gasteiger partial charge in [-0.3, -0.25) is 0 Å². The van der Waals surface area contributed by atoms with Gasteiger partial charge in [0.1, 0.15) is 0 Å². The molecule has 11 rings (SSSR count). The molecule has 0 heterocycles. The zero-order valence-corrected chi connectivity index (χ0v) is 32.5. The van der Waals surface area contributed by atoms with E-state index in [9.17, 15) is 0 Å². The van der Waals surface area contributed by atoms with Gasteiger partial charge in [0.15, 0.2) is 0 Å². The standard InChI is InChI=1S/C58H39N/c1-2-13-40(14-3-1)41-27-32-48(33-28-41)59(50-20-11-18-45(38-50)44-17-10-19-47(37-44)52-26-12-16-43-15-4-5-21-51(43)52)49-34-29-42(30-35-49)46-31-36-57-55-24-7-6-22-53(55)54-23-8-9-25-56(54)58(57)39-46/h1-39H. The van der Waals surface area contributed by atoms with E-state index in [1.54, 1.807) is 0 Å². The Hall–Kier alpha value is -7.74.